The molecule has 138 valence electrons. The van der Waals surface area contributed by atoms with Gasteiger partial charge in [-0.25, -0.2) is 4.79 Å². The molecular weight excluding hydrogens is 342 g/mol. The monoisotopic (exact) mass is 363 g/mol. The molecule has 1 aromatic carbocycles. The predicted octanol–water partition coefficient (Wildman–Crippen LogP) is 3.08. The summed E-state index contributed by atoms with van der Waals surface area (Å²) in [5.41, 5.74) is 1.89. The van der Waals surface area contributed by atoms with Gasteiger partial charge in [0.1, 0.15) is 0 Å². The standard InChI is InChI=1S/C20H21N5O2/c1-14-12-25(20(26)22-10-15-6-3-2-4-7-15)13-17(14)19-23-18(24-27-19)16-8-5-9-21-11-16/h2-9,11,14,17H,10,12-13H2,1H3,(H,22,26)/t14-,17-/m0/s1. The van der Waals surface area contributed by atoms with Gasteiger partial charge in [0.15, 0.2) is 0 Å². The highest BCUT2D eigenvalue weighted by Crippen LogP contribution is 2.32. The number of amides is 2. The van der Waals surface area contributed by atoms with Crippen molar-refractivity contribution in [2.24, 2.45) is 5.92 Å². The van der Waals surface area contributed by atoms with Gasteiger partial charge in [-0.3, -0.25) is 4.98 Å². The van der Waals surface area contributed by atoms with Gasteiger partial charge in [-0.1, -0.05) is 42.4 Å². The third-order valence-corrected chi connectivity index (χ3v) is 4.86. The minimum atomic E-state index is -0.0693. The Morgan fingerprint density at radius 1 is 1.22 bits per heavy atom. The van der Waals surface area contributed by atoms with Crippen LogP contribution in [0.25, 0.3) is 11.4 Å². The van der Waals surface area contributed by atoms with Crippen LogP contribution >= 0.6 is 0 Å². The zero-order chi connectivity index (χ0) is 18.6. The van der Waals surface area contributed by atoms with Gasteiger partial charge in [0.05, 0.1) is 5.92 Å². The third kappa shape index (κ3) is 3.81. The number of benzene rings is 1. The van der Waals surface area contributed by atoms with Gasteiger partial charge in [-0.05, 0) is 23.6 Å². The number of nitrogens with one attached hydrogen (secondary N) is 1. The summed E-state index contributed by atoms with van der Waals surface area (Å²) in [7, 11) is 0. The molecule has 1 aliphatic rings. The Balaban J connectivity index is 1.39. The van der Waals surface area contributed by atoms with Crippen LogP contribution < -0.4 is 5.32 Å². The highest BCUT2D eigenvalue weighted by atomic mass is 16.5. The van der Waals surface area contributed by atoms with Crippen LogP contribution in [-0.2, 0) is 6.54 Å². The van der Waals surface area contributed by atoms with Gasteiger partial charge < -0.3 is 14.7 Å². The molecule has 0 saturated carbocycles. The van der Waals surface area contributed by atoms with Crippen molar-refractivity contribution in [1.29, 1.82) is 0 Å². The molecule has 0 bridgehead atoms. The maximum absolute atomic E-state index is 12.5. The molecule has 1 aliphatic heterocycles. The van der Waals surface area contributed by atoms with Gasteiger partial charge in [0.25, 0.3) is 0 Å². The number of urea groups is 1. The minimum absolute atomic E-state index is 0.0328. The summed E-state index contributed by atoms with van der Waals surface area (Å²) in [6.07, 6.45) is 3.41. The first-order valence-electron chi connectivity index (χ1n) is 9.01. The van der Waals surface area contributed by atoms with E-state index in [2.05, 4.69) is 27.4 Å². The Bertz CT molecular complexity index is 897. The fraction of sp³-hybridized carbons (Fsp3) is 0.300. The lowest BCUT2D eigenvalue weighted by Crippen LogP contribution is -2.38. The van der Waals surface area contributed by atoms with Crippen LogP contribution in [0.5, 0.6) is 0 Å². The minimum Gasteiger partial charge on any atom is -0.339 e. The lowest BCUT2D eigenvalue weighted by Gasteiger charge is -2.16. The van der Waals surface area contributed by atoms with Crippen molar-refractivity contribution in [3.05, 3.63) is 66.3 Å². The molecule has 4 rings (SSSR count). The SMILES string of the molecule is C[C@H]1CN(C(=O)NCc2ccccc2)C[C@@H]1c1nc(-c2cccnc2)no1. The number of hydrogen-bond donors (Lipinski definition) is 1. The van der Waals surface area contributed by atoms with Gasteiger partial charge in [0, 0.05) is 37.6 Å². The van der Waals surface area contributed by atoms with Crippen molar-refractivity contribution in [3.8, 4) is 11.4 Å². The van der Waals surface area contributed by atoms with Gasteiger partial charge in [0.2, 0.25) is 11.7 Å². The lowest BCUT2D eigenvalue weighted by atomic mass is 9.98. The molecule has 1 saturated heterocycles. The van der Waals surface area contributed by atoms with Crippen molar-refractivity contribution >= 4 is 6.03 Å². The number of hydrogen-bond acceptors (Lipinski definition) is 5. The summed E-state index contributed by atoms with van der Waals surface area (Å²) >= 11 is 0. The lowest BCUT2D eigenvalue weighted by molar-refractivity contribution is 0.206. The summed E-state index contributed by atoms with van der Waals surface area (Å²) in [5.74, 6) is 1.37. The van der Waals surface area contributed by atoms with E-state index in [4.69, 9.17) is 4.52 Å². The molecule has 1 fully saturated rings. The third-order valence-electron chi connectivity index (χ3n) is 4.86. The highest BCUT2D eigenvalue weighted by Gasteiger charge is 2.37. The van der Waals surface area contributed by atoms with Crippen LogP contribution in [-0.4, -0.2) is 39.1 Å². The normalized spacial score (nSPS) is 19.2. The molecule has 27 heavy (non-hydrogen) atoms. The molecule has 7 nitrogen and oxygen atoms in total. The van der Waals surface area contributed by atoms with Crippen LogP contribution in [0.4, 0.5) is 4.79 Å². The van der Waals surface area contributed by atoms with E-state index in [-0.39, 0.29) is 17.9 Å². The number of carbonyl (C=O) groups excluding carboxylic acids is 1. The fourth-order valence-electron chi connectivity index (χ4n) is 3.34. The van der Waals surface area contributed by atoms with Crippen molar-refractivity contribution in [2.45, 2.75) is 19.4 Å². The van der Waals surface area contributed by atoms with E-state index in [0.29, 0.717) is 31.3 Å². The molecule has 3 heterocycles. The van der Waals surface area contributed by atoms with E-state index < -0.39 is 0 Å². The number of pyridine rings is 1. The van der Waals surface area contributed by atoms with E-state index in [1.807, 2.05) is 47.4 Å². The van der Waals surface area contributed by atoms with E-state index >= 15 is 0 Å². The number of carbonyl (C=O) groups is 1. The first-order chi connectivity index (χ1) is 13.2. The summed E-state index contributed by atoms with van der Waals surface area (Å²) in [6, 6.07) is 13.5. The zero-order valence-corrected chi connectivity index (χ0v) is 15.1. The maximum atomic E-state index is 12.5. The van der Waals surface area contributed by atoms with Crippen molar-refractivity contribution < 1.29 is 9.32 Å². The first kappa shape index (κ1) is 17.2. The van der Waals surface area contributed by atoms with Crippen molar-refractivity contribution in [3.63, 3.8) is 0 Å². The molecule has 0 radical (unpaired) electrons. The fourth-order valence-corrected chi connectivity index (χ4v) is 3.34. The average Bonchev–Trinajstić information content (AvgIpc) is 3.34. The summed E-state index contributed by atoms with van der Waals surface area (Å²) in [4.78, 5) is 22.9. The van der Waals surface area contributed by atoms with Crippen LogP contribution in [0.15, 0.2) is 59.4 Å². The highest BCUT2D eigenvalue weighted by molar-refractivity contribution is 5.74. The topological polar surface area (TPSA) is 84.2 Å². The first-order valence-corrected chi connectivity index (χ1v) is 9.01. The molecule has 0 spiro atoms. The Kier molecular flexibility index (Phi) is 4.82. The number of nitrogens with zero attached hydrogens (tertiary/aromatic N) is 4. The number of rotatable bonds is 4. The predicted molar refractivity (Wildman–Crippen MR) is 99.7 cm³/mol. The second kappa shape index (κ2) is 7.57. The largest absolute Gasteiger partial charge is 0.339 e. The van der Waals surface area contributed by atoms with Crippen LogP contribution in [0.1, 0.15) is 24.3 Å². The molecule has 1 N–H and O–H groups in total. The molecule has 0 aliphatic carbocycles. The van der Waals surface area contributed by atoms with E-state index in [1.165, 1.54) is 0 Å². The molecule has 0 unspecified atom stereocenters. The number of aromatic nitrogens is 3. The summed E-state index contributed by atoms with van der Waals surface area (Å²) < 4.78 is 5.48. The van der Waals surface area contributed by atoms with Crippen LogP contribution in [0, 0.1) is 5.92 Å². The van der Waals surface area contributed by atoms with E-state index in [9.17, 15) is 4.79 Å². The Morgan fingerprint density at radius 3 is 2.85 bits per heavy atom. The molecule has 7 heteroatoms. The van der Waals surface area contributed by atoms with Crippen LogP contribution in [0.2, 0.25) is 0 Å². The van der Waals surface area contributed by atoms with Crippen molar-refractivity contribution in [1.82, 2.24) is 25.3 Å². The van der Waals surface area contributed by atoms with Crippen LogP contribution in [0.3, 0.4) is 0 Å². The maximum Gasteiger partial charge on any atom is 0.317 e. The molecular formula is C20H21N5O2. The number of likely N-dealkylation sites (tertiary alicyclic amines) is 1. The van der Waals surface area contributed by atoms with E-state index in [0.717, 1.165) is 11.1 Å². The van der Waals surface area contributed by atoms with Gasteiger partial charge in [-0.15, -0.1) is 0 Å². The molecule has 2 atom stereocenters. The van der Waals surface area contributed by atoms with E-state index in [1.54, 1.807) is 12.4 Å². The summed E-state index contributed by atoms with van der Waals surface area (Å²) in [5, 5.41) is 7.04. The second-order valence-corrected chi connectivity index (χ2v) is 6.83. The smallest absolute Gasteiger partial charge is 0.317 e. The quantitative estimate of drug-likeness (QED) is 0.770. The van der Waals surface area contributed by atoms with Gasteiger partial charge in [-0.2, -0.15) is 4.98 Å². The Labute approximate surface area is 157 Å². The van der Waals surface area contributed by atoms with Crippen molar-refractivity contribution in [2.75, 3.05) is 13.1 Å². The molecule has 2 aromatic heterocycles. The van der Waals surface area contributed by atoms with Gasteiger partial charge >= 0.3 is 6.03 Å². The molecule has 2 amide bonds. The second-order valence-electron chi connectivity index (χ2n) is 6.83. The summed E-state index contributed by atoms with van der Waals surface area (Å²) in [6.45, 7) is 3.84. The zero-order valence-electron chi connectivity index (χ0n) is 15.1. The average molecular weight is 363 g/mol. The Morgan fingerprint density at radius 2 is 2.07 bits per heavy atom. The molecule has 3 aromatic rings. The Hall–Kier alpha value is -3.22.